The summed E-state index contributed by atoms with van der Waals surface area (Å²) in [5.74, 6) is 1.24. The molecule has 7 nitrogen and oxygen atoms in total. The molecule has 2 heterocycles. The van der Waals surface area contributed by atoms with Gasteiger partial charge in [-0.2, -0.15) is 5.10 Å². The van der Waals surface area contributed by atoms with Gasteiger partial charge in [0.05, 0.1) is 31.9 Å². The van der Waals surface area contributed by atoms with E-state index in [-0.39, 0.29) is 5.91 Å². The lowest BCUT2D eigenvalue weighted by molar-refractivity contribution is 0.103. The Bertz CT molecular complexity index is 885. The van der Waals surface area contributed by atoms with E-state index in [1.807, 2.05) is 20.0 Å². The summed E-state index contributed by atoms with van der Waals surface area (Å²) in [7, 11) is 6.47. The van der Waals surface area contributed by atoms with E-state index >= 15 is 0 Å². The second kappa shape index (κ2) is 6.64. The van der Waals surface area contributed by atoms with Gasteiger partial charge in [0.2, 0.25) is 5.75 Å². The van der Waals surface area contributed by atoms with Gasteiger partial charge >= 0.3 is 0 Å². The number of fused-ring (bicyclic) bond motifs is 1. The van der Waals surface area contributed by atoms with Crippen molar-refractivity contribution in [3.05, 3.63) is 28.8 Å². The van der Waals surface area contributed by atoms with Crippen LogP contribution in [-0.2, 0) is 7.05 Å². The summed E-state index contributed by atoms with van der Waals surface area (Å²) in [6.07, 6.45) is 0. The zero-order valence-electron chi connectivity index (χ0n) is 14.7. The van der Waals surface area contributed by atoms with E-state index in [0.29, 0.717) is 27.8 Å². The smallest absolute Gasteiger partial charge is 0.265 e. The lowest BCUT2D eigenvalue weighted by Gasteiger charge is -2.14. The largest absolute Gasteiger partial charge is 0.493 e. The molecule has 3 aromatic rings. The lowest BCUT2D eigenvalue weighted by Crippen LogP contribution is -2.10. The summed E-state index contributed by atoms with van der Waals surface area (Å²) in [4.78, 5) is 14.2. The van der Waals surface area contributed by atoms with Crippen molar-refractivity contribution in [2.24, 2.45) is 7.05 Å². The first-order valence-electron chi connectivity index (χ1n) is 7.53. The van der Waals surface area contributed by atoms with Crippen LogP contribution < -0.4 is 19.5 Å². The van der Waals surface area contributed by atoms with Crippen LogP contribution in [0.2, 0.25) is 0 Å². The Kier molecular flexibility index (Phi) is 4.54. The fourth-order valence-electron chi connectivity index (χ4n) is 2.66. The quantitative estimate of drug-likeness (QED) is 0.755. The number of rotatable bonds is 5. The average molecular weight is 361 g/mol. The zero-order valence-corrected chi connectivity index (χ0v) is 15.5. The van der Waals surface area contributed by atoms with Crippen molar-refractivity contribution in [2.75, 3.05) is 26.6 Å². The molecule has 0 saturated heterocycles. The number of hydrogen-bond acceptors (Lipinski definition) is 6. The summed E-state index contributed by atoms with van der Waals surface area (Å²) in [6, 6.07) is 5.24. The number of methoxy groups -OCH3 is 3. The summed E-state index contributed by atoms with van der Waals surface area (Å²) in [6.45, 7) is 1.93. The van der Waals surface area contributed by atoms with Crippen LogP contribution in [0.3, 0.4) is 0 Å². The maximum Gasteiger partial charge on any atom is 0.265 e. The minimum absolute atomic E-state index is 0.199. The molecule has 0 unspecified atom stereocenters. The molecule has 0 aliphatic rings. The van der Waals surface area contributed by atoms with Crippen molar-refractivity contribution in [1.82, 2.24) is 9.78 Å². The molecule has 1 amide bonds. The molecule has 1 N–H and O–H groups in total. The van der Waals surface area contributed by atoms with Gasteiger partial charge in [0, 0.05) is 30.3 Å². The van der Waals surface area contributed by atoms with Crippen LogP contribution in [0.25, 0.3) is 10.2 Å². The van der Waals surface area contributed by atoms with E-state index in [2.05, 4.69) is 10.4 Å². The molecule has 3 rings (SSSR count). The number of aromatic nitrogens is 2. The SMILES string of the molecule is COc1cc(NC(=O)c2cc3c(C)nn(C)c3s2)cc(OC)c1OC. The van der Waals surface area contributed by atoms with Crippen LogP contribution >= 0.6 is 11.3 Å². The topological polar surface area (TPSA) is 74.6 Å². The van der Waals surface area contributed by atoms with Gasteiger partial charge in [0.25, 0.3) is 5.91 Å². The number of carbonyl (C=O) groups is 1. The highest BCUT2D eigenvalue weighted by molar-refractivity contribution is 7.20. The first-order valence-corrected chi connectivity index (χ1v) is 8.34. The molecule has 0 atom stereocenters. The predicted octanol–water partition coefficient (Wildman–Crippen LogP) is 3.22. The van der Waals surface area contributed by atoms with Crippen molar-refractivity contribution >= 4 is 33.1 Å². The van der Waals surface area contributed by atoms with E-state index in [1.165, 1.54) is 32.7 Å². The molecule has 8 heteroatoms. The number of thiophene rings is 1. The van der Waals surface area contributed by atoms with Gasteiger partial charge in [-0.25, -0.2) is 0 Å². The zero-order chi connectivity index (χ0) is 18.1. The number of carbonyl (C=O) groups excluding carboxylic acids is 1. The maximum absolute atomic E-state index is 12.6. The summed E-state index contributed by atoms with van der Waals surface area (Å²) in [5, 5.41) is 8.21. The Morgan fingerprint density at radius 1 is 1.12 bits per heavy atom. The van der Waals surface area contributed by atoms with Gasteiger partial charge in [-0.15, -0.1) is 11.3 Å². The van der Waals surface area contributed by atoms with E-state index in [1.54, 1.807) is 16.8 Å². The monoisotopic (exact) mass is 361 g/mol. The molecular formula is C17H19N3O4S. The fraction of sp³-hybridized carbons (Fsp3) is 0.294. The molecular weight excluding hydrogens is 342 g/mol. The maximum atomic E-state index is 12.6. The minimum Gasteiger partial charge on any atom is -0.493 e. The first kappa shape index (κ1) is 17.1. The van der Waals surface area contributed by atoms with E-state index < -0.39 is 0 Å². The van der Waals surface area contributed by atoms with Gasteiger partial charge in [0.15, 0.2) is 11.5 Å². The molecule has 132 valence electrons. The van der Waals surface area contributed by atoms with Crippen LogP contribution in [0.15, 0.2) is 18.2 Å². The Morgan fingerprint density at radius 2 is 1.76 bits per heavy atom. The standard InChI is InChI=1S/C17H19N3O4S/c1-9-11-8-14(25-17(11)20(2)19-9)16(21)18-10-6-12(22-3)15(24-5)13(7-10)23-4/h6-8H,1-5H3,(H,18,21). The van der Waals surface area contributed by atoms with Crippen molar-refractivity contribution in [3.63, 3.8) is 0 Å². The fourth-order valence-corrected chi connectivity index (χ4v) is 3.68. The second-order valence-electron chi connectivity index (χ2n) is 5.41. The van der Waals surface area contributed by atoms with Crippen molar-refractivity contribution in [3.8, 4) is 17.2 Å². The van der Waals surface area contributed by atoms with E-state index in [0.717, 1.165) is 15.9 Å². The number of hydrogen-bond donors (Lipinski definition) is 1. The Labute approximate surface area is 149 Å². The van der Waals surface area contributed by atoms with Gasteiger partial charge in [-0.1, -0.05) is 0 Å². The first-order chi connectivity index (χ1) is 12.0. The second-order valence-corrected chi connectivity index (χ2v) is 6.44. The third kappa shape index (κ3) is 3.00. The Hall–Kier alpha value is -2.74. The molecule has 0 spiro atoms. The molecule has 0 aliphatic carbocycles. The number of benzene rings is 1. The molecule has 0 fully saturated rings. The average Bonchev–Trinajstić information content (AvgIpc) is 3.15. The number of ether oxygens (including phenoxy) is 3. The third-order valence-electron chi connectivity index (χ3n) is 3.84. The van der Waals surface area contributed by atoms with Crippen LogP contribution in [0.1, 0.15) is 15.4 Å². The molecule has 0 saturated carbocycles. The molecule has 25 heavy (non-hydrogen) atoms. The van der Waals surface area contributed by atoms with Crippen LogP contribution in [0.5, 0.6) is 17.2 Å². The van der Waals surface area contributed by atoms with Crippen molar-refractivity contribution in [1.29, 1.82) is 0 Å². The minimum atomic E-state index is -0.199. The van der Waals surface area contributed by atoms with Gasteiger partial charge < -0.3 is 19.5 Å². The van der Waals surface area contributed by atoms with Gasteiger partial charge in [-0.3, -0.25) is 9.48 Å². The molecule has 0 aliphatic heterocycles. The Morgan fingerprint density at radius 3 is 2.28 bits per heavy atom. The number of anilines is 1. The third-order valence-corrected chi connectivity index (χ3v) is 5.04. The highest BCUT2D eigenvalue weighted by Gasteiger charge is 2.18. The van der Waals surface area contributed by atoms with Gasteiger partial charge in [-0.05, 0) is 13.0 Å². The molecule has 2 aromatic heterocycles. The van der Waals surface area contributed by atoms with Crippen LogP contribution in [-0.4, -0.2) is 37.0 Å². The predicted molar refractivity (Wildman–Crippen MR) is 97.4 cm³/mol. The summed E-state index contributed by atoms with van der Waals surface area (Å²) in [5.41, 5.74) is 1.47. The molecule has 0 bridgehead atoms. The van der Waals surface area contributed by atoms with Crippen LogP contribution in [0, 0.1) is 6.92 Å². The van der Waals surface area contributed by atoms with Crippen molar-refractivity contribution < 1.29 is 19.0 Å². The highest BCUT2D eigenvalue weighted by Crippen LogP contribution is 2.40. The molecule has 1 aromatic carbocycles. The number of aryl methyl sites for hydroxylation is 2. The van der Waals surface area contributed by atoms with Crippen LogP contribution in [0.4, 0.5) is 5.69 Å². The van der Waals surface area contributed by atoms with Gasteiger partial charge in [0.1, 0.15) is 4.83 Å². The number of nitrogens with zero attached hydrogens (tertiary/aromatic N) is 2. The van der Waals surface area contributed by atoms with Crippen molar-refractivity contribution in [2.45, 2.75) is 6.92 Å². The number of nitrogens with one attached hydrogen (secondary N) is 1. The number of amides is 1. The normalized spacial score (nSPS) is 10.8. The highest BCUT2D eigenvalue weighted by atomic mass is 32.1. The summed E-state index contributed by atoms with van der Waals surface area (Å²) < 4.78 is 17.7. The molecule has 0 radical (unpaired) electrons. The Balaban J connectivity index is 1.92. The van der Waals surface area contributed by atoms with E-state index in [9.17, 15) is 4.79 Å². The lowest BCUT2D eigenvalue weighted by atomic mass is 10.2. The summed E-state index contributed by atoms with van der Waals surface area (Å²) >= 11 is 1.40. The van der Waals surface area contributed by atoms with E-state index in [4.69, 9.17) is 14.2 Å².